The van der Waals surface area contributed by atoms with Crippen molar-refractivity contribution in [3.05, 3.63) is 17.8 Å². The van der Waals surface area contributed by atoms with Gasteiger partial charge in [-0.25, -0.2) is 4.98 Å². The van der Waals surface area contributed by atoms with Crippen molar-refractivity contribution >= 4 is 42.3 Å². The minimum Gasteiger partial charge on any atom is -0.480 e. The normalized spacial score (nSPS) is 16.7. The summed E-state index contributed by atoms with van der Waals surface area (Å²) in [5.41, 5.74) is 5.82. The molecule has 1 aromatic heterocycles. The summed E-state index contributed by atoms with van der Waals surface area (Å²) >= 11 is 0. The molecule has 22 heavy (non-hydrogen) atoms. The van der Waals surface area contributed by atoms with Crippen LogP contribution in [0.3, 0.4) is 0 Å². The Kier molecular flexibility index (Phi) is 8.77. The fourth-order valence-corrected chi connectivity index (χ4v) is 2.16. The van der Waals surface area contributed by atoms with Crippen LogP contribution in [0.4, 0.5) is 5.69 Å². The number of primary amides is 1. The third-order valence-electron chi connectivity index (χ3n) is 3.20. The number of amides is 2. The number of nitrogens with one attached hydrogen (secondary N) is 2. The Morgan fingerprint density at radius 1 is 1.41 bits per heavy atom. The summed E-state index contributed by atoms with van der Waals surface area (Å²) in [5, 5.41) is 5.88. The molecule has 2 rings (SSSR count). The van der Waals surface area contributed by atoms with Gasteiger partial charge in [0.1, 0.15) is 5.56 Å². The van der Waals surface area contributed by atoms with E-state index in [1.54, 1.807) is 0 Å². The molecule has 4 N–H and O–H groups in total. The van der Waals surface area contributed by atoms with Gasteiger partial charge in [0.15, 0.2) is 0 Å². The summed E-state index contributed by atoms with van der Waals surface area (Å²) < 4.78 is 4.95. The number of carbonyl (C=O) groups is 2. The lowest BCUT2D eigenvalue weighted by molar-refractivity contribution is -0.118. The maximum Gasteiger partial charge on any atom is 0.254 e. The van der Waals surface area contributed by atoms with E-state index in [-0.39, 0.29) is 48.2 Å². The van der Waals surface area contributed by atoms with Gasteiger partial charge in [-0.3, -0.25) is 9.59 Å². The Labute approximate surface area is 141 Å². The molecule has 0 spiro atoms. The molecular weight excluding hydrogens is 331 g/mol. The SMILES string of the molecule is COc1ncc(NC(=O)[C@H]2CCCCN2)cc1C(N)=O.Cl.Cl. The first-order valence-electron chi connectivity index (χ1n) is 6.50. The van der Waals surface area contributed by atoms with Crippen LogP contribution in [0.2, 0.25) is 0 Å². The lowest BCUT2D eigenvalue weighted by atomic mass is 10.0. The van der Waals surface area contributed by atoms with Crippen molar-refractivity contribution in [1.29, 1.82) is 0 Å². The number of pyridine rings is 1. The lowest BCUT2D eigenvalue weighted by Crippen LogP contribution is -2.43. The van der Waals surface area contributed by atoms with E-state index in [2.05, 4.69) is 15.6 Å². The van der Waals surface area contributed by atoms with Crippen LogP contribution in [0.1, 0.15) is 29.6 Å². The molecule has 1 aliphatic heterocycles. The molecule has 7 nitrogen and oxygen atoms in total. The van der Waals surface area contributed by atoms with Crippen LogP contribution in [-0.4, -0.2) is 36.5 Å². The monoisotopic (exact) mass is 350 g/mol. The Bertz CT molecular complexity index is 522. The third-order valence-corrected chi connectivity index (χ3v) is 3.20. The van der Waals surface area contributed by atoms with Gasteiger partial charge in [0.05, 0.1) is 25.0 Å². The fraction of sp³-hybridized carbons (Fsp3) is 0.462. The van der Waals surface area contributed by atoms with Gasteiger partial charge >= 0.3 is 0 Å². The number of aromatic nitrogens is 1. The number of rotatable bonds is 4. The van der Waals surface area contributed by atoms with Crippen molar-refractivity contribution in [1.82, 2.24) is 10.3 Å². The average Bonchev–Trinajstić information content (AvgIpc) is 2.48. The van der Waals surface area contributed by atoms with Crippen molar-refractivity contribution in [2.24, 2.45) is 5.73 Å². The molecule has 1 aliphatic rings. The van der Waals surface area contributed by atoms with Crippen LogP contribution >= 0.6 is 24.8 Å². The minimum atomic E-state index is -0.652. The Morgan fingerprint density at radius 2 is 2.14 bits per heavy atom. The number of halogens is 2. The zero-order valence-electron chi connectivity index (χ0n) is 12.1. The highest BCUT2D eigenvalue weighted by atomic mass is 35.5. The number of piperidine rings is 1. The van der Waals surface area contributed by atoms with Gasteiger partial charge < -0.3 is 21.1 Å². The Morgan fingerprint density at radius 3 is 2.68 bits per heavy atom. The number of anilines is 1. The Hall–Kier alpha value is -1.57. The summed E-state index contributed by atoms with van der Waals surface area (Å²) in [6.07, 6.45) is 4.35. The average molecular weight is 351 g/mol. The number of hydrogen-bond acceptors (Lipinski definition) is 5. The van der Waals surface area contributed by atoms with Gasteiger partial charge in [0.2, 0.25) is 11.8 Å². The zero-order chi connectivity index (χ0) is 14.5. The van der Waals surface area contributed by atoms with E-state index in [0.717, 1.165) is 25.8 Å². The van der Waals surface area contributed by atoms with Crippen LogP contribution in [0.15, 0.2) is 12.3 Å². The molecule has 0 bridgehead atoms. The number of carbonyl (C=O) groups excluding carboxylic acids is 2. The first-order valence-corrected chi connectivity index (χ1v) is 6.50. The summed E-state index contributed by atoms with van der Waals surface area (Å²) in [4.78, 5) is 27.3. The molecule has 1 fully saturated rings. The van der Waals surface area contributed by atoms with E-state index in [4.69, 9.17) is 10.5 Å². The molecule has 2 amide bonds. The largest absolute Gasteiger partial charge is 0.480 e. The number of nitrogens with two attached hydrogens (primary N) is 1. The van der Waals surface area contributed by atoms with Crippen molar-refractivity contribution in [3.63, 3.8) is 0 Å². The van der Waals surface area contributed by atoms with Gasteiger partial charge in [0, 0.05) is 0 Å². The van der Waals surface area contributed by atoms with Crippen LogP contribution in [0.25, 0.3) is 0 Å². The van der Waals surface area contributed by atoms with Gasteiger partial charge in [-0.2, -0.15) is 0 Å². The van der Waals surface area contributed by atoms with Crippen LogP contribution < -0.4 is 21.1 Å². The molecule has 9 heteroatoms. The molecule has 1 saturated heterocycles. The van der Waals surface area contributed by atoms with Gasteiger partial charge in [-0.1, -0.05) is 6.42 Å². The quantitative estimate of drug-likeness (QED) is 0.754. The summed E-state index contributed by atoms with van der Waals surface area (Å²) in [6, 6.07) is 1.26. The number of methoxy groups -OCH3 is 1. The highest BCUT2D eigenvalue weighted by Gasteiger charge is 2.21. The van der Waals surface area contributed by atoms with E-state index < -0.39 is 5.91 Å². The maximum absolute atomic E-state index is 12.1. The summed E-state index contributed by atoms with van der Waals surface area (Å²) in [5.74, 6) is -0.639. The highest BCUT2D eigenvalue weighted by molar-refractivity contribution is 5.99. The van der Waals surface area contributed by atoms with Gasteiger partial charge in [-0.05, 0) is 25.5 Å². The number of hydrogen-bond donors (Lipinski definition) is 3. The predicted octanol–water partition coefficient (Wildman–Crippen LogP) is 1.11. The van der Waals surface area contributed by atoms with Crippen LogP contribution in [-0.2, 0) is 4.79 Å². The van der Waals surface area contributed by atoms with E-state index >= 15 is 0 Å². The molecule has 0 radical (unpaired) electrons. The highest BCUT2D eigenvalue weighted by Crippen LogP contribution is 2.19. The smallest absolute Gasteiger partial charge is 0.254 e. The zero-order valence-corrected chi connectivity index (χ0v) is 13.8. The second-order valence-electron chi connectivity index (χ2n) is 4.64. The molecule has 0 aliphatic carbocycles. The molecule has 0 aromatic carbocycles. The Balaban J connectivity index is 0.00000220. The second kappa shape index (κ2) is 9.45. The summed E-state index contributed by atoms with van der Waals surface area (Å²) in [7, 11) is 1.40. The van der Waals surface area contributed by atoms with Crippen LogP contribution in [0, 0.1) is 0 Å². The van der Waals surface area contributed by atoms with E-state index in [9.17, 15) is 9.59 Å². The number of ether oxygens (including phenoxy) is 1. The fourth-order valence-electron chi connectivity index (χ4n) is 2.16. The molecule has 1 aromatic rings. The van der Waals surface area contributed by atoms with Crippen molar-refractivity contribution in [2.45, 2.75) is 25.3 Å². The molecule has 0 saturated carbocycles. The third kappa shape index (κ3) is 5.01. The summed E-state index contributed by atoms with van der Waals surface area (Å²) in [6.45, 7) is 0.839. The maximum atomic E-state index is 12.1. The standard InChI is InChI=1S/C13H18N4O3.2ClH/c1-20-13-9(11(14)18)6-8(7-16-13)17-12(19)10-4-2-3-5-15-10;;/h6-7,10,15H,2-5H2,1H3,(H2,14,18)(H,17,19);2*1H/t10-;;/m1../s1. The first-order chi connectivity index (χ1) is 9.61. The molecule has 124 valence electrons. The first kappa shape index (κ1) is 20.4. The van der Waals surface area contributed by atoms with E-state index in [0.29, 0.717) is 5.69 Å². The topological polar surface area (TPSA) is 106 Å². The lowest BCUT2D eigenvalue weighted by Gasteiger charge is -2.22. The van der Waals surface area contributed by atoms with Crippen molar-refractivity contribution in [3.8, 4) is 5.88 Å². The van der Waals surface area contributed by atoms with E-state index in [1.807, 2.05) is 0 Å². The molecular formula is C13H20Cl2N4O3. The molecule has 0 unspecified atom stereocenters. The van der Waals surface area contributed by atoms with Gasteiger partial charge in [0.25, 0.3) is 5.91 Å². The van der Waals surface area contributed by atoms with Gasteiger partial charge in [-0.15, -0.1) is 24.8 Å². The van der Waals surface area contributed by atoms with Crippen molar-refractivity contribution in [2.75, 3.05) is 19.0 Å². The molecule has 2 heterocycles. The number of nitrogens with zero attached hydrogens (tertiary/aromatic N) is 1. The minimum absolute atomic E-state index is 0. The van der Waals surface area contributed by atoms with Crippen molar-refractivity contribution < 1.29 is 14.3 Å². The second-order valence-corrected chi connectivity index (χ2v) is 4.64. The molecule has 1 atom stereocenters. The van der Waals surface area contributed by atoms with Crippen LogP contribution in [0.5, 0.6) is 5.88 Å². The predicted molar refractivity (Wildman–Crippen MR) is 88.1 cm³/mol. The van der Waals surface area contributed by atoms with E-state index in [1.165, 1.54) is 19.4 Å².